The Bertz CT molecular complexity index is 1340. The van der Waals surface area contributed by atoms with Gasteiger partial charge in [0, 0.05) is 17.6 Å². The van der Waals surface area contributed by atoms with Crippen LogP contribution in [0.2, 0.25) is 0 Å². The Morgan fingerprint density at radius 3 is 2.71 bits per heavy atom. The number of piperidine rings is 1. The number of primary amides is 1. The average molecular weight is 487 g/mol. The van der Waals surface area contributed by atoms with Crippen LogP contribution in [0.15, 0.2) is 36.7 Å². The lowest BCUT2D eigenvalue weighted by Gasteiger charge is -2.34. The second-order valence-corrected chi connectivity index (χ2v) is 8.63. The molecule has 2 fully saturated rings. The predicted octanol–water partition coefficient (Wildman–Crippen LogP) is 1.96. The third-order valence-electron chi connectivity index (χ3n) is 6.50. The summed E-state index contributed by atoms with van der Waals surface area (Å²) in [5.41, 5.74) is 4.72. The van der Waals surface area contributed by atoms with Crippen LogP contribution in [0.1, 0.15) is 35.4 Å². The molecule has 0 spiro atoms. The Kier molecular flexibility index (Phi) is 5.41. The van der Waals surface area contributed by atoms with Gasteiger partial charge in [-0.25, -0.2) is 4.98 Å². The number of nitrogens with one attached hydrogen (secondary N) is 1. The predicted molar refractivity (Wildman–Crippen MR) is 116 cm³/mol. The number of pyridine rings is 2. The first-order valence-corrected chi connectivity index (χ1v) is 10.9. The number of likely N-dealkylation sites (tertiary alicyclic amines) is 1. The number of aromatic nitrogens is 4. The van der Waals surface area contributed by atoms with E-state index in [1.807, 2.05) is 0 Å². The summed E-state index contributed by atoms with van der Waals surface area (Å²) in [6, 6.07) is 3.77. The number of halogens is 3. The molecule has 0 unspecified atom stereocenters. The highest BCUT2D eigenvalue weighted by atomic mass is 19.4. The van der Waals surface area contributed by atoms with Crippen molar-refractivity contribution in [1.82, 2.24) is 24.6 Å². The molecule has 4 heterocycles. The molecule has 3 aromatic heterocycles. The van der Waals surface area contributed by atoms with Gasteiger partial charge < -0.3 is 16.0 Å². The number of carbonyl (C=O) groups excluding carboxylic acids is 3. The Morgan fingerprint density at radius 2 is 1.97 bits per heavy atom. The summed E-state index contributed by atoms with van der Waals surface area (Å²) in [5.74, 6) is -2.11. The molecule has 3 amide bonds. The summed E-state index contributed by atoms with van der Waals surface area (Å²) in [7, 11) is 0. The Morgan fingerprint density at radius 1 is 1.17 bits per heavy atom. The van der Waals surface area contributed by atoms with Gasteiger partial charge in [0.25, 0.3) is 5.91 Å². The molecule has 1 aliphatic carbocycles. The van der Waals surface area contributed by atoms with Crippen molar-refractivity contribution < 1.29 is 27.6 Å². The largest absolute Gasteiger partial charge is 0.433 e. The molecule has 2 bridgehead atoms. The zero-order valence-electron chi connectivity index (χ0n) is 18.2. The first-order chi connectivity index (χ1) is 16.6. The molecule has 3 N–H and O–H groups in total. The van der Waals surface area contributed by atoms with Crippen molar-refractivity contribution in [2.24, 2.45) is 11.7 Å². The SMILES string of the molecule is NC(=O)c1nn(CC(=O)N2[C@@H]3CC[C@@H](C3)[C@H]2C(=O)Nc2cccc(C(F)(F)F)n2)c2cnccc12. The molecule has 10 nitrogen and oxygen atoms in total. The van der Waals surface area contributed by atoms with Gasteiger partial charge in [0.1, 0.15) is 24.1 Å². The van der Waals surface area contributed by atoms with Gasteiger partial charge in [-0.3, -0.25) is 24.0 Å². The number of nitrogens with two attached hydrogens (primary N) is 1. The van der Waals surface area contributed by atoms with Crippen LogP contribution in [-0.2, 0) is 22.3 Å². The Hall–Kier alpha value is -4.03. The van der Waals surface area contributed by atoms with Crippen LogP contribution < -0.4 is 11.1 Å². The lowest BCUT2D eigenvalue weighted by molar-refractivity contribution is -0.141. The van der Waals surface area contributed by atoms with Crippen molar-refractivity contribution in [3.8, 4) is 0 Å². The smallest absolute Gasteiger partial charge is 0.364 e. The number of hydrogen-bond acceptors (Lipinski definition) is 6. The van der Waals surface area contributed by atoms with Crippen molar-refractivity contribution >= 4 is 34.4 Å². The highest BCUT2D eigenvalue weighted by Crippen LogP contribution is 2.43. The summed E-state index contributed by atoms with van der Waals surface area (Å²) >= 11 is 0. The molecule has 182 valence electrons. The number of alkyl halides is 3. The van der Waals surface area contributed by atoms with E-state index in [9.17, 15) is 27.6 Å². The number of nitrogens with zero attached hydrogens (tertiary/aromatic N) is 5. The van der Waals surface area contributed by atoms with Gasteiger partial charge in [-0.15, -0.1) is 0 Å². The van der Waals surface area contributed by atoms with Crippen LogP contribution in [0.4, 0.5) is 19.0 Å². The highest BCUT2D eigenvalue weighted by molar-refractivity contribution is 6.04. The maximum Gasteiger partial charge on any atom is 0.433 e. The molecule has 5 rings (SSSR count). The van der Waals surface area contributed by atoms with Crippen molar-refractivity contribution in [2.45, 2.75) is 44.1 Å². The van der Waals surface area contributed by atoms with Crippen LogP contribution >= 0.6 is 0 Å². The van der Waals surface area contributed by atoms with Crippen LogP contribution in [0.5, 0.6) is 0 Å². The monoisotopic (exact) mass is 487 g/mol. The molecule has 1 aliphatic heterocycles. The van der Waals surface area contributed by atoms with Crippen LogP contribution in [-0.4, -0.2) is 54.5 Å². The summed E-state index contributed by atoms with van der Waals surface area (Å²) in [5, 5.41) is 7.06. The summed E-state index contributed by atoms with van der Waals surface area (Å²) < 4.78 is 40.3. The number of fused-ring (bicyclic) bond motifs is 3. The number of rotatable bonds is 5. The lowest BCUT2D eigenvalue weighted by atomic mass is 9.97. The topological polar surface area (TPSA) is 136 Å². The molecular weight excluding hydrogens is 467 g/mol. The minimum atomic E-state index is -4.65. The number of hydrogen-bond donors (Lipinski definition) is 2. The third kappa shape index (κ3) is 4.06. The van der Waals surface area contributed by atoms with Crippen molar-refractivity contribution in [3.05, 3.63) is 48.0 Å². The number of amides is 3. The summed E-state index contributed by atoms with van der Waals surface area (Å²) in [6.45, 7) is -0.260. The quantitative estimate of drug-likeness (QED) is 0.565. The van der Waals surface area contributed by atoms with Crippen LogP contribution in [0.3, 0.4) is 0 Å². The van der Waals surface area contributed by atoms with E-state index < -0.39 is 35.6 Å². The molecule has 1 saturated carbocycles. The van der Waals surface area contributed by atoms with Crippen molar-refractivity contribution in [1.29, 1.82) is 0 Å². The maximum absolute atomic E-state index is 13.4. The molecule has 13 heteroatoms. The first-order valence-electron chi connectivity index (χ1n) is 10.9. The van der Waals surface area contributed by atoms with E-state index in [-0.39, 0.29) is 30.0 Å². The third-order valence-corrected chi connectivity index (χ3v) is 6.50. The van der Waals surface area contributed by atoms with Gasteiger partial charge in [0.05, 0.1) is 11.7 Å². The molecule has 0 radical (unpaired) electrons. The standard InChI is InChI=1S/C22H20F3N7O3/c23-22(24,25)15-2-1-3-16(28-15)29-21(35)19-11-4-5-12(8-11)32(19)17(33)10-31-14-9-27-7-6-13(14)18(30-31)20(26)34/h1-3,6-7,9,11-12,19H,4-5,8,10H2,(H2,26,34)(H,28,29,35)/t11-,12+,19-/m0/s1. The van der Waals surface area contributed by atoms with Crippen molar-refractivity contribution in [2.75, 3.05) is 5.32 Å². The Balaban J connectivity index is 1.39. The second kappa shape index (κ2) is 8.32. The van der Waals surface area contributed by atoms with E-state index in [1.165, 1.54) is 28.0 Å². The van der Waals surface area contributed by atoms with E-state index in [0.29, 0.717) is 17.3 Å². The second-order valence-electron chi connectivity index (χ2n) is 8.63. The van der Waals surface area contributed by atoms with Crippen molar-refractivity contribution in [3.63, 3.8) is 0 Å². The molecule has 2 aliphatic rings. The fraction of sp³-hybridized carbons (Fsp3) is 0.364. The van der Waals surface area contributed by atoms with Crippen LogP contribution in [0.25, 0.3) is 10.9 Å². The van der Waals surface area contributed by atoms with Gasteiger partial charge in [0.2, 0.25) is 11.8 Å². The normalized spacial score (nSPS) is 21.5. The molecule has 0 aromatic carbocycles. The number of anilines is 1. The van der Waals surface area contributed by atoms with E-state index >= 15 is 0 Å². The summed E-state index contributed by atoms with van der Waals surface area (Å²) in [6.07, 6.45) is 0.346. The van der Waals surface area contributed by atoms with Gasteiger partial charge in [-0.2, -0.15) is 18.3 Å². The zero-order chi connectivity index (χ0) is 24.9. The molecule has 3 aromatic rings. The molecule has 3 atom stereocenters. The minimum absolute atomic E-state index is 0.00283. The van der Waals surface area contributed by atoms with Gasteiger partial charge in [-0.05, 0) is 43.4 Å². The lowest BCUT2D eigenvalue weighted by Crippen LogP contribution is -2.52. The molecular formula is C22H20F3N7O3. The molecule has 1 saturated heterocycles. The average Bonchev–Trinajstić information content (AvgIpc) is 3.52. The fourth-order valence-electron chi connectivity index (χ4n) is 5.08. The van der Waals surface area contributed by atoms with Gasteiger partial charge in [0.15, 0.2) is 5.69 Å². The molecule has 35 heavy (non-hydrogen) atoms. The highest BCUT2D eigenvalue weighted by Gasteiger charge is 2.51. The summed E-state index contributed by atoms with van der Waals surface area (Å²) in [4.78, 5) is 47.2. The van der Waals surface area contributed by atoms with Gasteiger partial charge in [-0.1, -0.05) is 6.07 Å². The van der Waals surface area contributed by atoms with E-state index in [0.717, 1.165) is 25.0 Å². The van der Waals surface area contributed by atoms with E-state index in [4.69, 9.17) is 5.73 Å². The van der Waals surface area contributed by atoms with Gasteiger partial charge >= 0.3 is 6.18 Å². The Labute approximate surface area is 196 Å². The minimum Gasteiger partial charge on any atom is -0.364 e. The zero-order valence-corrected chi connectivity index (χ0v) is 18.2. The van der Waals surface area contributed by atoms with E-state index in [2.05, 4.69) is 20.4 Å². The fourth-order valence-corrected chi connectivity index (χ4v) is 5.08. The van der Waals surface area contributed by atoms with E-state index in [1.54, 1.807) is 6.07 Å². The first kappa shape index (κ1) is 22.7. The van der Waals surface area contributed by atoms with Crippen LogP contribution in [0, 0.1) is 5.92 Å². The maximum atomic E-state index is 13.4. The number of carbonyl (C=O) groups is 3.